The first-order valence-electron chi connectivity index (χ1n) is 7.97. The maximum Gasteiger partial charge on any atom is 0.230 e. The third kappa shape index (κ3) is 2.99. The Morgan fingerprint density at radius 2 is 1.91 bits per heavy atom. The summed E-state index contributed by atoms with van der Waals surface area (Å²) in [5, 5.41) is 7.52. The minimum atomic E-state index is 0.382. The van der Waals surface area contributed by atoms with Crippen LogP contribution in [0, 0.1) is 13.8 Å². The van der Waals surface area contributed by atoms with Crippen LogP contribution in [-0.2, 0) is 0 Å². The molecule has 0 saturated carbocycles. The minimum absolute atomic E-state index is 0.382. The summed E-state index contributed by atoms with van der Waals surface area (Å²) in [5.41, 5.74) is 3.19. The fourth-order valence-electron chi connectivity index (χ4n) is 3.04. The molecule has 1 aromatic heterocycles. The molecule has 5 heteroatoms. The smallest absolute Gasteiger partial charge is 0.230 e. The molecule has 0 spiro atoms. The van der Waals surface area contributed by atoms with Crippen molar-refractivity contribution in [3.63, 3.8) is 0 Å². The Balaban J connectivity index is 1.86. The molecule has 0 radical (unpaired) electrons. The van der Waals surface area contributed by atoms with Crippen LogP contribution in [-0.4, -0.2) is 29.8 Å². The topological polar surface area (TPSA) is 60.2 Å². The Hall–Kier alpha value is -1.88. The molecule has 0 aliphatic carbocycles. The molecule has 2 aromatic rings. The molecule has 1 aromatic carbocycles. The maximum absolute atomic E-state index is 5.69. The van der Waals surface area contributed by atoms with Crippen molar-refractivity contribution in [1.82, 2.24) is 15.5 Å². The molecule has 1 aliphatic heterocycles. The molecule has 0 atom stereocenters. The zero-order valence-electron chi connectivity index (χ0n) is 13.5. The summed E-state index contributed by atoms with van der Waals surface area (Å²) >= 11 is 0. The van der Waals surface area contributed by atoms with Crippen molar-refractivity contribution in [3.8, 4) is 17.1 Å². The van der Waals surface area contributed by atoms with Gasteiger partial charge in [0.15, 0.2) is 0 Å². The van der Waals surface area contributed by atoms with E-state index in [1.54, 1.807) is 0 Å². The van der Waals surface area contributed by atoms with Crippen molar-refractivity contribution < 1.29 is 9.26 Å². The minimum Gasteiger partial charge on any atom is -0.493 e. The van der Waals surface area contributed by atoms with Gasteiger partial charge in [-0.3, -0.25) is 0 Å². The van der Waals surface area contributed by atoms with Gasteiger partial charge in [0.2, 0.25) is 11.7 Å². The first kappa shape index (κ1) is 15.0. The van der Waals surface area contributed by atoms with E-state index in [1.165, 1.54) is 0 Å². The van der Waals surface area contributed by atoms with Gasteiger partial charge in [0.05, 0.1) is 6.61 Å². The van der Waals surface area contributed by atoms with E-state index in [9.17, 15) is 0 Å². The maximum atomic E-state index is 5.69. The van der Waals surface area contributed by atoms with Crippen molar-refractivity contribution in [3.05, 3.63) is 29.2 Å². The van der Waals surface area contributed by atoms with Crippen LogP contribution in [0.4, 0.5) is 0 Å². The fourth-order valence-corrected chi connectivity index (χ4v) is 3.04. The highest BCUT2D eigenvalue weighted by atomic mass is 16.5. The summed E-state index contributed by atoms with van der Waals surface area (Å²) in [7, 11) is 0. The molecule has 1 aliphatic rings. The molecule has 118 valence electrons. The molecule has 1 saturated heterocycles. The second-order valence-electron chi connectivity index (χ2n) is 5.85. The number of piperidine rings is 1. The fraction of sp³-hybridized carbons (Fsp3) is 0.529. The van der Waals surface area contributed by atoms with E-state index in [1.807, 2.05) is 6.92 Å². The number of rotatable bonds is 4. The van der Waals surface area contributed by atoms with E-state index in [4.69, 9.17) is 9.26 Å². The summed E-state index contributed by atoms with van der Waals surface area (Å²) < 4.78 is 11.2. The number of benzene rings is 1. The van der Waals surface area contributed by atoms with Gasteiger partial charge in [-0.15, -0.1) is 0 Å². The van der Waals surface area contributed by atoms with Crippen molar-refractivity contribution in [1.29, 1.82) is 0 Å². The van der Waals surface area contributed by atoms with Gasteiger partial charge >= 0.3 is 0 Å². The van der Waals surface area contributed by atoms with Gasteiger partial charge in [-0.2, -0.15) is 4.98 Å². The van der Waals surface area contributed by atoms with Gasteiger partial charge < -0.3 is 14.6 Å². The molecule has 3 rings (SSSR count). The predicted octanol–water partition coefficient (Wildman–Crippen LogP) is 3.22. The van der Waals surface area contributed by atoms with Crippen molar-refractivity contribution in [2.75, 3.05) is 19.7 Å². The van der Waals surface area contributed by atoms with Crippen LogP contribution < -0.4 is 10.1 Å². The second-order valence-corrected chi connectivity index (χ2v) is 5.85. The van der Waals surface area contributed by atoms with E-state index in [0.717, 1.165) is 54.3 Å². The van der Waals surface area contributed by atoms with Crippen LogP contribution in [0.2, 0.25) is 0 Å². The Kier molecular flexibility index (Phi) is 4.43. The monoisotopic (exact) mass is 301 g/mol. The summed E-state index contributed by atoms with van der Waals surface area (Å²) in [4.78, 5) is 4.62. The lowest BCUT2D eigenvalue weighted by atomic mass is 9.98. The SMILES string of the molecule is CCOc1c(C)cc(-c2noc(C3CCNCC3)n2)cc1C. The van der Waals surface area contributed by atoms with Crippen LogP contribution >= 0.6 is 0 Å². The lowest BCUT2D eigenvalue weighted by Crippen LogP contribution is -2.26. The summed E-state index contributed by atoms with van der Waals surface area (Å²) in [6.07, 6.45) is 2.12. The first-order valence-corrected chi connectivity index (χ1v) is 7.97. The standard InChI is InChI=1S/C17H23N3O2/c1-4-21-15-11(2)9-14(10-12(15)3)16-19-17(22-20-16)13-5-7-18-8-6-13/h9-10,13,18H,4-8H2,1-3H3. The normalized spacial score (nSPS) is 16.0. The molecule has 0 amide bonds. The van der Waals surface area contributed by atoms with Gasteiger partial charge in [0, 0.05) is 11.5 Å². The first-order chi connectivity index (χ1) is 10.7. The number of ether oxygens (including phenoxy) is 1. The van der Waals surface area contributed by atoms with E-state index < -0.39 is 0 Å². The average molecular weight is 301 g/mol. The number of aryl methyl sites for hydroxylation is 2. The Labute approximate surface area is 131 Å². The molecule has 2 heterocycles. The van der Waals surface area contributed by atoms with Gasteiger partial charge in [-0.25, -0.2) is 0 Å². The second kappa shape index (κ2) is 6.48. The molecule has 0 bridgehead atoms. The zero-order chi connectivity index (χ0) is 15.5. The lowest BCUT2D eigenvalue weighted by Gasteiger charge is -2.18. The number of nitrogens with zero attached hydrogens (tertiary/aromatic N) is 2. The number of hydrogen-bond acceptors (Lipinski definition) is 5. The third-order valence-corrected chi connectivity index (χ3v) is 4.14. The highest BCUT2D eigenvalue weighted by Gasteiger charge is 2.22. The lowest BCUT2D eigenvalue weighted by molar-refractivity contribution is 0.320. The Morgan fingerprint density at radius 1 is 1.23 bits per heavy atom. The highest BCUT2D eigenvalue weighted by molar-refractivity contribution is 5.61. The van der Waals surface area contributed by atoms with E-state index in [2.05, 4.69) is 41.4 Å². The van der Waals surface area contributed by atoms with Crippen LogP contribution in [0.5, 0.6) is 5.75 Å². The van der Waals surface area contributed by atoms with Crippen LogP contribution in [0.15, 0.2) is 16.7 Å². The molecule has 22 heavy (non-hydrogen) atoms. The van der Waals surface area contributed by atoms with Crippen LogP contribution in [0.1, 0.15) is 42.7 Å². The average Bonchev–Trinajstić information content (AvgIpc) is 3.01. The molecule has 5 nitrogen and oxygen atoms in total. The molecule has 0 unspecified atom stereocenters. The number of aromatic nitrogens is 2. The van der Waals surface area contributed by atoms with Gasteiger partial charge in [0.25, 0.3) is 0 Å². The summed E-state index contributed by atoms with van der Waals surface area (Å²) in [6.45, 7) is 8.80. The molecular weight excluding hydrogens is 278 g/mol. The predicted molar refractivity (Wildman–Crippen MR) is 85.2 cm³/mol. The Bertz CT molecular complexity index is 622. The van der Waals surface area contributed by atoms with E-state index in [-0.39, 0.29) is 0 Å². The summed E-state index contributed by atoms with van der Waals surface area (Å²) in [6, 6.07) is 4.13. The molecular formula is C17H23N3O2. The summed E-state index contributed by atoms with van der Waals surface area (Å²) in [5.74, 6) is 2.77. The largest absolute Gasteiger partial charge is 0.493 e. The highest BCUT2D eigenvalue weighted by Crippen LogP contribution is 2.30. The van der Waals surface area contributed by atoms with Crippen molar-refractivity contribution in [2.24, 2.45) is 0 Å². The quantitative estimate of drug-likeness (QED) is 0.939. The van der Waals surface area contributed by atoms with E-state index >= 15 is 0 Å². The van der Waals surface area contributed by atoms with Gasteiger partial charge in [0.1, 0.15) is 5.75 Å². The Morgan fingerprint density at radius 3 is 2.55 bits per heavy atom. The zero-order valence-corrected chi connectivity index (χ0v) is 13.5. The molecule has 1 fully saturated rings. The number of nitrogens with one attached hydrogen (secondary N) is 1. The van der Waals surface area contributed by atoms with Crippen LogP contribution in [0.25, 0.3) is 11.4 Å². The van der Waals surface area contributed by atoms with Crippen LogP contribution in [0.3, 0.4) is 0 Å². The van der Waals surface area contributed by atoms with E-state index in [0.29, 0.717) is 18.3 Å². The van der Waals surface area contributed by atoms with Crippen molar-refractivity contribution >= 4 is 0 Å². The molecule has 1 N–H and O–H groups in total. The van der Waals surface area contributed by atoms with Gasteiger partial charge in [-0.1, -0.05) is 5.16 Å². The van der Waals surface area contributed by atoms with Gasteiger partial charge in [-0.05, 0) is 70.0 Å². The van der Waals surface area contributed by atoms with Crippen molar-refractivity contribution in [2.45, 2.75) is 39.5 Å². The number of hydrogen-bond donors (Lipinski definition) is 1. The third-order valence-electron chi connectivity index (χ3n) is 4.14.